The van der Waals surface area contributed by atoms with Crippen LogP contribution in [0.15, 0.2) is 42.5 Å². The first-order valence-electron chi connectivity index (χ1n) is 8.22. The largest absolute Gasteiger partial charge is 0.507 e. The lowest BCUT2D eigenvalue weighted by Crippen LogP contribution is -2.45. The number of phenolic OH excluding ortho intramolecular Hbond substituents is 1. The molecule has 25 heavy (non-hydrogen) atoms. The van der Waals surface area contributed by atoms with Crippen molar-refractivity contribution in [3.8, 4) is 5.75 Å². The van der Waals surface area contributed by atoms with Gasteiger partial charge in [-0.05, 0) is 25.0 Å². The smallest absolute Gasteiger partial charge is 0.260 e. The number of amides is 1. The molecule has 0 aliphatic carbocycles. The van der Waals surface area contributed by atoms with Crippen molar-refractivity contribution in [2.75, 3.05) is 25.0 Å². The Hall–Kier alpha value is -2.63. The molecule has 1 saturated heterocycles. The molecule has 2 aromatic carbocycles. The number of aromatic hydroxyl groups is 1. The van der Waals surface area contributed by atoms with Crippen molar-refractivity contribution in [3.63, 3.8) is 0 Å². The minimum absolute atomic E-state index is 0.276. The number of hydrogen-bond acceptors (Lipinski definition) is 3. The van der Waals surface area contributed by atoms with Gasteiger partial charge in [-0.25, -0.2) is 8.78 Å². The minimum Gasteiger partial charge on any atom is -0.507 e. The topological polar surface area (TPSA) is 43.8 Å². The molecule has 1 heterocycles. The second kappa shape index (κ2) is 7.09. The molecule has 0 radical (unpaired) electrons. The summed E-state index contributed by atoms with van der Waals surface area (Å²) in [6.07, 6.45) is 1.47. The van der Waals surface area contributed by atoms with Gasteiger partial charge in [-0.2, -0.15) is 0 Å². The Bertz CT molecular complexity index is 736. The van der Waals surface area contributed by atoms with Gasteiger partial charge in [-0.3, -0.25) is 4.79 Å². The van der Waals surface area contributed by atoms with E-state index in [-0.39, 0.29) is 6.04 Å². The van der Waals surface area contributed by atoms with E-state index in [0.717, 1.165) is 24.6 Å². The van der Waals surface area contributed by atoms with Crippen molar-refractivity contribution in [2.24, 2.45) is 0 Å². The minimum atomic E-state index is -1.04. The third-order valence-electron chi connectivity index (χ3n) is 4.71. The van der Waals surface area contributed by atoms with Crippen LogP contribution in [0, 0.1) is 11.6 Å². The summed E-state index contributed by atoms with van der Waals surface area (Å²) in [4.78, 5) is 16.2. The molecule has 1 aliphatic rings. The van der Waals surface area contributed by atoms with Crippen molar-refractivity contribution in [1.82, 2.24) is 4.90 Å². The molecule has 3 rings (SSSR count). The predicted octanol–water partition coefficient (Wildman–Crippen LogP) is 3.41. The zero-order chi connectivity index (χ0) is 18.0. The summed E-state index contributed by atoms with van der Waals surface area (Å²) in [7, 11) is 2.02. The molecule has 6 heteroatoms. The van der Waals surface area contributed by atoms with E-state index >= 15 is 0 Å². The molecule has 0 bridgehead atoms. The number of carbonyl (C=O) groups excluding carboxylic acids is 1. The zero-order valence-corrected chi connectivity index (χ0v) is 14.0. The molecule has 0 unspecified atom stereocenters. The van der Waals surface area contributed by atoms with Crippen LogP contribution in [0.3, 0.4) is 0 Å². The van der Waals surface area contributed by atoms with Crippen LogP contribution in [0.4, 0.5) is 14.5 Å². The van der Waals surface area contributed by atoms with Gasteiger partial charge >= 0.3 is 0 Å². The molecule has 1 amide bonds. The number of piperidine rings is 1. The maximum atomic E-state index is 13.9. The molecule has 0 saturated carbocycles. The highest BCUT2D eigenvalue weighted by Gasteiger charge is 2.29. The molecular weight excluding hydrogens is 326 g/mol. The van der Waals surface area contributed by atoms with E-state index in [4.69, 9.17) is 0 Å². The molecule has 2 aromatic rings. The average Bonchev–Trinajstić information content (AvgIpc) is 2.61. The standard InChI is InChI=1S/C19H20F2N2O2/c1-22(14-5-3-2-4-6-14)15-7-9-23(10-8-15)19(25)18-16(21)11-13(20)12-17(18)24/h2-6,11-12,15,24H,7-10H2,1H3. The molecule has 0 atom stereocenters. The Morgan fingerprint density at radius 3 is 2.40 bits per heavy atom. The van der Waals surface area contributed by atoms with Gasteiger partial charge in [0.05, 0.1) is 0 Å². The van der Waals surface area contributed by atoms with Crippen LogP contribution in [-0.2, 0) is 0 Å². The lowest BCUT2D eigenvalue weighted by atomic mass is 10.0. The number of para-hydroxylation sites is 1. The number of halogens is 2. The van der Waals surface area contributed by atoms with Crippen LogP contribution in [0.2, 0.25) is 0 Å². The van der Waals surface area contributed by atoms with Gasteiger partial charge in [-0.1, -0.05) is 18.2 Å². The number of carbonyl (C=O) groups is 1. The molecule has 132 valence electrons. The summed E-state index contributed by atoms with van der Waals surface area (Å²) in [6.45, 7) is 0.911. The summed E-state index contributed by atoms with van der Waals surface area (Å²) in [5, 5.41) is 9.73. The van der Waals surface area contributed by atoms with Crippen LogP contribution in [0.25, 0.3) is 0 Å². The van der Waals surface area contributed by atoms with E-state index in [1.165, 1.54) is 4.90 Å². The normalized spacial score (nSPS) is 15.2. The van der Waals surface area contributed by atoms with Gasteiger partial charge in [0.15, 0.2) is 0 Å². The Labute approximate surface area is 145 Å². The summed E-state index contributed by atoms with van der Waals surface area (Å²) >= 11 is 0. The Balaban J connectivity index is 1.67. The second-order valence-electron chi connectivity index (χ2n) is 6.25. The van der Waals surface area contributed by atoms with E-state index in [1.54, 1.807) is 0 Å². The van der Waals surface area contributed by atoms with Crippen LogP contribution >= 0.6 is 0 Å². The van der Waals surface area contributed by atoms with E-state index in [1.807, 2.05) is 37.4 Å². The van der Waals surface area contributed by atoms with Crippen molar-refractivity contribution in [2.45, 2.75) is 18.9 Å². The van der Waals surface area contributed by atoms with Gasteiger partial charge in [0.1, 0.15) is 22.9 Å². The average molecular weight is 346 g/mol. The number of likely N-dealkylation sites (tertiary alicyclic amines) is 1. The second-order valence-corrected chi connectivity index (χ2v) is 6.25. The van der Waals surface area contributed by atoms with Crippen molar-refractivity contribution < 1.29 is 18.7 Å². The Morgan fingerprint density at radius 1 is 1.16 bits per heavy atom. The first kappa shape index (κ1) is 17.2. The monoisotopic (exact) mass is 346 g/mol. The van der Waals surface area contributed by atoms with E-state index < -0.39 is 28.9 Å². The summed E-state index contributed by atoms with van der Waals surface area (Å²) in [5.74, 6) is -3.21. The van der Waals surface area contributed by atoms with Crippen LogP contribution in [0.1, 0.15) is 23.2 Å². The number of anilines is 1. The quantitative estimate of drug-likeness (QED) is 0.926. The third kappa shape index (κ3) is 3.57. The first-order chi connectivity index (χ1) is 12.0. The molecule has 1 fully saturated rings. The van der Waals surface area contributed by atoms with Crippen LogP contribution < -0.4 is 4.90 Å². The van der Waals surface area contributed by atoms with Crippen molar-refractivity contribution >= 4 is 11.6 Å². The van der Waals surface area contributed by atoms with E-state index in [0.29, 0.717) is 19.2 Å². The fraction of sp³-hybridized carbons (Fsp3) is 0.316. The number of rotatable bonds is 3. The van der Waals surface area contributed by atoms with Gasteiger partial charge in [0.2, 0.25) is 0 Å². The van der Waals surface area contributed by atoms with Gasteiger partial charge in [-0.15, -0.1) is 0 Å². The van der Waals surface area contributed by atoms with Gasteiger partial charge in [0.25, 0.3) is 5.91 Å². The van der Waals surface area contributed by atoms with Crippen LogP contribution in [-0.4, -0.2) is 42.1 Å². The van der Waals surface area contributed by atoms with E-state index in [9.17, 15) is 18.7 Å². The van der Waals surface area contributed by atoms with Crippen molar-refractivity contribution in [3.05, 3.63) is 59.7 Å². The van der Waals surface area contributed by atoms with Crippen LogP contribution in [0.5, 0.6) is 5.75 Å². The maximum Gasteiger partial charge on any atom is 0.260 e. The zero-order valence-electron chi connectivity index (χ0n) is 14.0. The highest BCUT2D eigenvalue weighted by atomic mass is 19.1. The molecular formula is C19H20F2N2O2. The van der Waals surface area contributed by atoms with Gasteiger partial charge in [0, 0.05) is 44.0 Å². The van der Waals surface area contributed by atoms with E-state index in [2.05, 4.69) is 4.90 Å². The lowest BCUT2D eigenvalue weighted by molar-refractivity contribution is 0.0705. The Morgan fingerprint density at radius 2 is 1.80 bits per heavy atom. The lowest BCUT2D eigenvalue weighted by Gasteiger charge is -2.38. The predicted molar refractivity (Wildman–Crippen MR) is 91.8 cm³/mol. The fourth-order valence-corrected chi connectivity index (χ4v) is 3.26. The SMILES string of the molecule is CN(c1ccccc1)C1CCN(C(=O)c2c(O)cc(F)cc2F)CC1. The molecule has 1 N–H and O–H groups in total. The number of phenols is 1. The molecule has 0 spiro atoms. The first-order valence-corrected chi connectivity index (χ1v) is 8.22. The third-order valence-corrected chi connectivity index (χ3v) is 4.71. The highest BCUT2D eigenvalue weighted by Crippen LogP contribution is 2.27. The van der Waals surface area contributed by atoms with Crippen molar-refractivity contribution in [1.29, 1.82) is 0 Å². The summed E-state index contributed by atoms with van der Waals surface area (Å²) in [5.41, 5.74) is 0.644. The van der Waals surface area contributed by atoms with Gasteiger partial charge < -0.3 is 14.9 Å². The molecule has 0 aromatic heterocycles. The maximum absolute atomic E-state index is 13.9. The molecule has 4 nitrogen and oxygen atoms in total. The number of hydrogen-bond donors (Lipinski definition) is 1. The summed E-state index contributed by atoms with van der Waals surface area (Å²) in [6, 6.07) is 11.6. The summed E-state index contributed by atoms with van der Waals surface area (Å²) < 4.78 is 27.0. The Kier molecular flexibility index (Phi) is 4.88. The number of nitrogens with zero attached hydrogens (tertiary/aromatic N) is 2. The number of benzene rings is 2. The fourth-order valence-electron chi connectivity index (χ4n) is 3.26. The highest BCUT2D eigenvalue weighted by molar-refractivity contribution is 5.97. The molecule has 1 aliphatic heterocycles.